The number of amides is 1. The van der Waals surface area contributed by atoms with Crippen molar-refractivity contribution >= 4 is 22.6 Å². The lowest BCUT2D eigenvalue weighted by Crippen LogP contribution is -2.14. The molecule has 0 saturated carbocycles. The number of nitrogens with zero attached hydrogens (tertiary/aromatic N) is 3. The van der Waals surface area contributed by atoms with Gasteiger partial charge in [0.15, 0.2) is 0 Å². The predicted octanol–water partition coefficient (Wildman–Crippen LogP) is 2.74. The standard InChI is InChI=1S/C20H22N4O4/c1-26-17-9-16-14(11-24(23-16)10-13-6-7-28-12-13)8-15(17)20(25)22-18-4-3-5-19(21-18)27-2/h3-5,8-9,11,13H,6-7,10,12H2,1-2H3,(H,21,22,25)/t13-/m1/s1. The van der Waals surface area contributed by atoms with Gasteiger partial charge in [-0.3, -0.25) is 9.48 Å². The number of hydrogen-bond donors (Lipinski definition) is 1. The molecule has 1 N–H and O–H groups in total. The largest absolute Gasteiger partial charge is 0.496 e. The van der Waals surface area contributed by atoms with Crippen LogP contribution in [0.25, 0.3) is 10.9 Å². The maximum Gasteiger partial charge on any atom is 0.260 e. The molecule has 2 aromatic heterocycles. The van der Waals surface area contributed by atoms with E-state index in [4.69, 9.17) is 14.2 Å². The number of benzene rings is 1. The van der Waals surface area contributed by atoms with Crippen LogP contribution >= 0.6 is 0 Å². The Morgan fingerprint density at radius 1 is 1.32 bits per heavy atom. The van der Waals surface area contributed by atoms with Crippen LogP contribution in [0.5, 0.6) is 11.6 Å². The van der Waals surface area contributed by atoms with Gasteiger partial charge in [0.25, 0.3) is 5.91 Å². The lowest BCUT2D eigenvalue weighted by molar-refractivity contribution is 0.102. The third-order valence-electron chi connectivity index (χ3n) is 4.76. The maximum absolute atomic E-state index is 12.8. The first-order valence-corrected chi connectivity index (χ1v) is 9.11. The van der Waals surface area contributed by atoms with E-state index in [1.54, 1.807) is 30.3 Å². The molecular formula is C20H22N4O4. The molecule has 8 heteroatoms. The van der Waals surface area contributed by atoms with Crippen molar-refractivity contribution in [3.05, 3.63) is 42.1 Å². The summed E-state index contributed by atoms with van der Waals surface area (Å²) in [4.78, 5) is 17.0. The van der Waals surface area contributed by atoms with E-state index in [-0.39, 0.29) is 5.91 Å². The Hall–Kier alpha value is -3.13. The number of ether oxygens (including phenoxy) is 3. The topological polar surface area (TPSA) is 87.5 Å². The molecule has 1 fully saturated rings. The second-order valence-corrected chi connectivity index (χ2v) is 6.71. The van der Waals surface area contributed by atoms with E-state index >= 15 is 0 Å². The number of methoxy groups -OCH3 is 2. The first-order chi connectivity index (χ1) is 13.7. The van der Waals surface area contributed by atoms with Crippen LogP contribution in [0.15, 0.2) is 36.5 Å². The van der Waals surface area contributed by atoms with Gasteiger partial charge < -0.3 is 19.5 Å². The van der Waals surface area contributed by atoms with Crippen LogP contribution < -0.4 is 14.8 Å². The maximum atomic E-state index is 12.8. The molecule has 1 aliphatic heterocycles. The second-order valence-electron chi connectivity index (χ2n) is 6.71. The quantitative estimate of drug-likeness (QED) is 0.705. The second kappa shape index (κ2) is 7.85. The molecule has 4 rings (SSSR count). The van der Waals surface area contributed by atoms with Crippen molar-refractivity contribution in [2.75, 3.05) is 32.8 Å². The van der Waals surface area contributed by atoms with Crippen LogP contribution in [-0.4, -0.2) is 48.1 Å². The number of carbonyl (C=O) groups excluding carboxylic acids is 1. The van der Waals surface area contributed by atoms with Crippen LogP contribution in [0.3, 0.4) is 0 Å². The van der Waals surface area contributed by atoms with Gasteiger partial charge in [0.05, 0.1) is 31.9 Å². The Kier molecular flexibility index (Phi) is 5.12. The normalized spacial score (nSPS) is 16.3. The lowest BCUT2D eigenvalue weighted by atomic mass is 10.1. The molecule has 0 bridgehead atoms. The van der Waals surface area contributed by atoms with Crippen LogP contribution in [0.1, 0.15) is 16.8 Å². The highest BCUT2D eigenvalue weighted by Crippen LogP contribution is 2.27. The van der Waals surface area contributed by atoms with Crippen LogP contribution in [0.4, 0.5) is 5.82 Å². The van der Waals surface area contributed by atoms with Gasteiger partial charge in [-0.15, -0.1) is 0 Å². The SMILES string of the molecule is COc1cccc(NC(=O)c2cc3cn(C[C@H]4CCOC4)nc3cc2OC)n1. The summed E-state index contributed by atoms with van der Waals surface area (Å²) in [5, 5.41) is 8.27. The van der Waals surface area contributed by atoms with Gasteiger partial charge in [0.2, 0.25) is 5.88 Å². The molecule has 1 atom stereocenters. The molecule has 1 amide bonds. The van der Waals surface area contributed by atoms with Crippen molar-refractivity contribution < 1.29 is 19.0 Å². The Morgan fingerprint density at radius 3 is 2.96 bits per heavy atom. The van der Waals surface area contributed by atoms with Gasteiger partial charge in [-0.2, -0.15) is 10.1 Å². The van der Waals surface area contributed by atoms with E-state index < -0.39 is 0 Å². The highest BCUT2D eigenvalue weighted by Gasteiger charge is 2.19. The summed E-state index contributed by atoms with van der Waals surface area (Å²) in [6.45, 7) is 2.37. The van der Waals surface area contributed by atoms with Crippen molar-refractivity contribution in [3.63, 3.8) is 0 Å². The summed E-state index contributed by atoms with van der Waals surface area (Å²) in [6, 6.07) is 8.75. The van der Waals surface area contributed by atoms with Crippen molar-refractivity contribution in [3.8, 4) is 11.6 Å². The summed E-state index contributed by atoms with van der Waals surface area (Å²) < 4.78 is 17.9. The molecule has 0 spiro atoms. The summed E-state index contributed by atoms with van der Waals surface area (Å²) in [6.07, 6.45) is 2.99. The van der Waals surface area contributed by atoms with E-state index in [9.17, 15) is 4.79 Å². The van der Waals surface area contributed by atoms with Gasteiger partial charge >= 0.3 is 0 Å². The summed E-state index contributed by atoms with van der Waals surface area (Å²) in [7, 11) is 3.06. The number of hydrogen-bond acceptors (Lipinski definition) is 6. The molecule has 0 aliphatic carbocycles. The number of carbonyl (C=O) groups is 1. The number of pyridine rings is 1. The zero-order valence-corrected chi connectivity index (χ0v) is 15.8. The molecule has 0 radical (unpaired) electrons. The first kappa shape index (κ1) is 18.2. The average Bonchev–Trinajstić information content (AvgIpc) is 3.36. The van der Waals surface area contributed by atoms with E-state index in [0.29, 0.717) is 28.9 Å². The third-order valence-corrected chi connectivity index (χ3v) is 4.76. The molecule has 1 saturated heterocycles. The molecule has 8 nitrogen and oxygen atoms in total. The Bertz CT molecular complexity index is 995. The summed E-state index contributed by atoms with van der Waals surface area (Å²) in [5.41, 5.74) is 1.20. The molecule has 146 valence electrons. The smallest absolute Gasteiger partial charge is 0.260 e. The number of anilines is 1. The minimum Gasteiger partial charge on any atom is -0.496 e. The van der Waals surface area contributed by atoms with Crippen molar-refractivity contribution in [2.45, 2.75) is 13.0 Å². The number of fused-ring (bicyclic) bond motifs is 1. The van der Waals surface area contributed by atoms with Gasteiger partial charge in [-0.05, 0) is 18.6 Å². The van der Waals surface area contributed by atoms with Crippen molar-refractivity contribution in [1.82, 2.24) is 14.8 Å². The van der Waals surface area contributed by atoms with Gasteiger partial charge in [-0.1, -0.05) is 6.07 Å². The molecule has 1 aliphatic rings. The average molecular weight is 382 g/mol. The van der Waals surface area contributed by atoms with E-state index in [1.165, 1.54) is 14.2 Å². The predicted molar refractivity (Wildman–Crippen MR) is 104 cm³/mol. The Balaban J connectivity index is 1.60. The number of rotatable bonds is 6. The fourth-order valence-corrected chi connectivity index (χ4v) is 3.32. The molecule has 0 unspecified atom stereocenters. The highest BCUT2D eigenvalue weighted by molar-refractivity contribution is 6.08. The number of aromatic nitrogens is 3. The molecule has 28 heavy (non-hydrogen) atoms. The minimum atomic E-state index is -0.309. The minimum absolute atomic E-state index is 0.309. The molecule has 3 aromatic rings. The molecule has 3 heterocycles. The molecule has 1 aromatic carbocycles. The van der Waals surface area contributed by atoms with E-state index in [1.807, 2.05) is 10.9 Å². The lowest BCUT2D eigenvalue weighted by Gasteiger charge is -2.09. The van der Waals surface area contributed by atoms with Gasteiger partial charge in [-0.25, -0.2) is 0 Å². The highest BCUT2D eigenvalue weighted by atomic mass is 16.5. The van der Waals surface area contributed by atoms with Crippen LogP contribution in [0, 0.1) is 5.92 Å². The van der Waals surface area contributed by atoms with E-state index in [2.05, 4.69) is 15.4 Å². The monoisotopic (exact) mass is 382 g/mol. The summed E-state index contributed by atoms with van der Waals surface area (Å²) in [5.74, 6) is 1.46. The third kappa shape index (κ3) is 3.77. The van der Waals surface area contributed by atoms with Crippen molar-refractivity contribution in [2.24, 2.45) is 5.92 Å². The van der Waals surface area contributed by atoms with Gasteiger partial charge in [0, 0.05) is 42.8 Å². The van der Waals surface area contributed by atoms with E-state index in [0.717, 1.165) is 37.1 Å². The number of nitrogens with one attached hydrogen (secondary N) is 1. The van der Waals surface area contributed by atoms with Gasteiger partial charge in [0.1, 0.15) is 11.6 Å². The Morgan fingerprint density at radius 2 is 2.21 bits per heavy atom. The first-order valence-electron chi connectivity index (χ1n) is 9.11. The summed E-state index contributed by atoms with van der Waals surface area (Å²) >= 11 is 0. The Labute approximate surface area is 162 Å². The fourth-order valence-electron chi connectivity index (χ4n) is 3.32. The zero-order valence-electron chi connectivity index (χ0n) is 15.8. The molecular weight excluding hydrogens is 360 g/mol. The zero-order chi connectivity index (χ0) is 19.5. The van der Waals surface area contributed by atoms with Crippen LogP contribution in [-0.2, 0) is 11.3 Å². The van der Waals surface area contributed by atoms with Crippen LogP contribution in [0.2, 0.25) is 0 Å². The fraction of sp³-hybridized carbons (Fsp3) is 0.350. The van der Waals surface area contributed by atoms with Crippen molar-refractivity contribution in [1.29, 1.82) is 0 Å².